The fraction of sp³-hybridized carbons (Fsp3) is 0.700. The molecular formula is C20H34NPSe2. The van der Waals surface area contributed by atoms with Gasteiger partial charge >= 0.3 is 164 Å². The summed E-state index contributed by atoms with van der Waals surface area (Å²) in [5, 5.41) is 7.13. The first-order chi connectivity index (χ1) is 11.7. The molecule has 24 heavy (non-hydrogen) atoms. The van der Waals surface area contributed by atoms with Crippen molar-refractivity contribution in [2.24, 2.45) is 0 Å². The monoisotopic (exact) mass is 479 g/mol. The van der Waals surface area contributed by atoms with Crippen LogP contribution in [0.15, 0.2) is 30.3 Å². The molecule has 0 radical (unpaired) electrons. The van der Waals surface area contributed by atoms with E-state index >= 15 is 0 Å². The molecule has 1 nitrogen and oxygen atoms in total. The summed E-state index contributed by atoms with van der Waals surface area (Å²) in [5.74, 6) is 0. The number of nitrogens with one attached hydrogen (secondary N) is 1. The molecule has 1 saturated carbocycles. The Morgan fingerprint density at radius 3 is 2.38 bits per heavy atom. The van der Waals surface area contributed by atoms with E-state index in [9.17, 15) is 0 Å². The van der Waals surface area contributed by atoms with Crippen LogP contribution in [0, 0.1) is 0 Å². The van der Waals surface area contributed by atoms with Gasteiger partial charge in [-0.25, -0.2) is 0 Å². The summed E-state index contributed by atoms with van der Waals surface area (Å²) in [4.78, 5) is 0. The summed E-state index contributed by atoms with van der Waals surface area (Å²) < 4.78 is -1.26. The van der Waals surface area contributed by atoms with Crippen molar-refractivity contribution >= 4 is 39.3 Å². The van der Waals surface area contributed by atoms with E-state index in [1.54, 1.807) is 5.30 Å². The molecule has 2 rings (SSSR count). The van der Waals surface area contributed by atoms with E-state index in [1.807, 2.05) is 0 Å². The molecule has 1 N–H and O–H groups in total. The van der Waals surface area contributed by atoms with Crippen LogP contribution in [0.1, 0.15) is 77.6 Å². The van der Waals surface area contributed by atoms with Crippen molar-refractivity contribution in [1.82, 2.24) is 5.09 Å². The predicted molar refractivity (Wildman–Crippen MR) is 113 cm³/mol. The van der Waals surface area contributed by atoms with Crippen molar-refractivity contribution in [2.45, 2.75) is 88.9 Å². The molecule has 1 aliphatic carbocycles. The van der Waals surface area contributed by atoms with E-state index in [0.29, 0.717) is 14.5 Å². The van der Waals surface area contributed by atoms with Crippen molar-refractivity contribution < 1.29 is 0 Å². The van der Waals surface area contributed by atoms with Gasteiger partial charge in [0, 0.05) is 0 Å². The van der Waals surface area contributed by atoms with Gasteiger partial charge < -0.3 is 0 Å². The fourth-order valence-corrected chi connectivity index (χ4v) is 15.5. The van der Waals surface area contributed by atoms with Gasteiger partial charge in [0.25, 0.3) is 0 Å². The average Bonchev–Trinajstić information content (AvgIpc) is 2.62. The Balaban J connectivity index is 1.87. The van der Waals surface area contributed by atoms with Crippen LogP contribution in [-0.4, -0.2) is 35.7 Å². The van der Waals surface area contributed by atoms with Gasteiger partial charge in [-0.3, -0.25) is 0 Å². The third-order valence-electron chi connectivity index (χ3n) is 4.82. The quantitative estimate of drug-likeness (QED) is 0.247. The first-order valence-electron chi connectivity index (χ1n) is 9.82. The van der Waals surface area contributed by atoms with Gasteiger partial charge in [-0.2, -0.15) is 0 Å². The molecule has 1 atom stereocenters. The summed E-state index contributed by atoms with van der Waals surface area (Å²) in [6.07, 6.45) is 15.5. The zero-order chi connectivity index (χ0) is 17.1. The van der Waals surface area contributed by atoms with E-state index in [2.05, 4.69) is 57.4 Å². The molecule has 4 heteroatoms. The number of benzene rings is 1. The SMILES string of the molecule is CCCCCCCC[Se]P(=[Se])(NC1CCCCC1)c1ccccc1. The molecule has 1 unspecified atom stereocenters. The molecule has 136 valence electrons. The Kier molecular flexibility index (Phi) is 10.6. The summed E-state index contributed by atoms with van der Waals surface area (Å²) in [6, 6.07) is 12.0. The van der Waals surface area contributed by atoms with Gasteiger partial charge in [-0.05, 0) is 0 Å². The van der Waals surface area contributed by atoms with Crippen molar-refractivity contribution in [3.05, 3.63) is 30.3 Å². The van der Waals surface area contributed by atoms with Crippen LogP contribution in [-0.2, 0) is 0 Å². The van der Waals surface area contributed by atoms with E-state index in [0.717, 1.165) is 6.04 Å². The van der Waals surface area contributed by atoms with E-state index in [4.69, 9.17) is 0 Å². The number of hydrogen-bond donors (Lipinski definition) is 1. The summed E-state index contributed by atoms with van der Waals surface area (Å²) in [7, 11) is 0. The number of rotatable bonds is 11. The minimum atomic E-state index is -1.26. The zero-order valence-electron chi connectivity index (χ0n) is 15.2. The molecule has 0 spiro atoms. The molecule has 0 saturated heterocycles. The maximum atomic E-state index is 4.14. The molecule has 1 fully saturated rings. The van der Waals surface area contributed by atoms with Crippen molar-refractivity contribution in [3.8, 4) is 0 Å². The van der Waals surface area contributed by atoms with E-state index < -0.39 is 4.35 Å². The van der Waals surface area contributed by atoms with E-state index in [1.165, 1.54) is 75.9 Å². The maximum absolute atomic E-state index is 4.14. The van der Waals surface area contributed by atoms with Crippen LogP contribution in [0.4, 0.5) is 0 Å². The molecule has 0 aromatic heterocycles. The molecule has 0 bridgehead atoms. The van der Waals surface area contributed by atoms with Crippen LogP contribution in [0.3, 0.4) is 0 Å². The molecule has 0 heterocycles. The van der Waals surface area contributed by atoms with E-state index in [-0.39, 0.29) is 0 Å². The Morgan fingerprint density at radius 1 is 1.00 bits per heavy atom. The Bertz CT molecular complexity index is 486. The van der Waals surface area contributed by atoms with Crippen LogP contribution in [0.5, 0.6) is 0 Å². The molecular weight excluding hydrogens is 443 g/mol. The number of unbranched alkanes of at least 4 members (excludes halogenated alkanes) is 5. The first kappa shape index (κ1) is 21.0. The predicted octanol–water partition coefficient (Wildman–Crippen LogP) is 5.65. The van der Waals surface area contributed by atoms with Crippen molar-refractivity contribution in [2.75, 3.05) is 0 Å². The summed E-state index contributed by atoms with van der Waals surface area (Å²) in [6.45, 7) is 2.30. The summed E-state index contributed by atoms with van der Waals surface area (Å²) in [5.41, 5.74) is 0. The Labute approximate surface area is 163 Å². The summed E-state index contributed by atoms with van der Waals surface area (Å²) >= 11 is 4.37. The van der Waals surface area contributed by atoms with Gasteiger partial charge in [0.15, 0.2) is 0 Å². The van der Waals surface area contributed by atoms with Crippen LogP contribution in [0.2, 0.25) is 5.32 Å². The average molecular weight is 477 g/mol. The zero-order valence-corrected chi connectivity index (χ0v) is 19.5. The number of hydrogen-bond acceptors (Lipinski definition) is 1. The van der Waals surface area contributed by atoms with Gasteiger partial charge in [-0.1, -0.05) is 0 Å². The van der Waals surface area contributed by atoms with Crippen molar-refractivity contribution in [3.63, 3.8) is 0 Å². The van der Waals surface area contributed by atoms with Gasteiger partial charge in [0.05, 0.1) is 0 Å². The van der Waals surface area contributed by atoms with Crippen LogP contribution >= 0.6 is 4.35 Å². The minimum absolute atomic E-state index is 0.677. The second-order valence-corrected chi connectivity index (χ2v) is 22.0. The molecule has 1 aromatic rings. The van der Waals surface area contributed by atoms with Gasteiger partial charge in [0.1, 0.15) is 0 Å². The molecule has 0 aliphatic heterocycles. The third kappa shape index (κ3) is 7.49. The molecule has 1 aliphatic rings. The first-order valence-corrected chi connectivity index (χ1v) is 17.3. The molecule has 1 aromatic carbocycles. The second-order valence-electron chi connectivity index (χ2n) is 6.95. The van der Waals surface area contributed by atoms with Crippen molar-refractivity contribution in [1.29, 1.82) is 0 Å². The fourth-order valence-electron chi connectivity index (χ4n) is 3.36. The van der Waals surface area contributed by atoms with Crippen LogP contribution < -0.4 is 10.4 Å². The molecule has 0 amide bonds. The topological polar surface area (TPSA) is 12.0 Å². The van der Waals surface area contributed by atoms with Gasteiger partial charge in [0.2, 0.25) is 0 Å². The third-order valence-corrected chi connectivity index (χ3v) is 18.5. The standard InChI is InChI=1S/C20H34NPSe2/c1-2-3-4-5-6-13-18-24-22(23,20-16-11-8-12-17-20)21-19-14-9-7-10-15-19/h8,11-12,16-17,19H,2-7,9-10,13-15,18H2,1H3,(H,21,23). The normalized spacial score (nSPS) is 18.4. The second kappa shape index (κ2) is 12.1. The Morgan fingerprint density at radius 2 is 1.67 bits per heavy atom. The van der Waals surface area contributed by atoms with Gasteiger partial charge in [-0.15, -0.1) is 0 Å². The van der Waals surface area contributed by atoms with Crippen LogP contribution in [0.25, 0.3) is 0 Å². The Hall–Kier alpha value is 0.649.